The van der Waals surface area contributed by atoms with Crippen molar-refractivity contribution in [2.75, 3.05) is 5.32 Å². The van der Waals surface area contributed by atoms with Crippen LogP contribution in [0.2, 0.25) is 0 Å². The van der Waals surface area contributed by atoms with Gasteiger partial charge in [0.05, 0.1) is 10.5 Å². The summed E-state index contributed by atoms with van der Waals surface area (Å²) in [6.07, 6.45) is 4.54. The zero-order chi connectivity index (χ0) is 14.7. The van der Waals surface area contributed by atoms with Gasteiger partial charge in [0.15, 0.2) is 0 Å². The molecule has 106 valence electrons. The maximum atomic E-state index is 11.1. The van der Waals surface area contributed by atoms with Crippen molar-refractivity contribution >= 4 is 11.5 Å². The van der Waals surface area contributed by atoms with Crippen molar-refractivity contribution in [3.63, 3.8) is 0 Å². The van der Waals surface area contributed by atoms with Gasteiger partial charge < -0.3 is 5.32 Å². The molecule has 0 radical (unpaired) electrons. The average Bonchev–Trinajstić information content (AvgIpc) is 2.37. The molecule has 2 atom stereocenters. The number of pyridine rings is 1. The summed E-state index contributed by atoms with van der Waals surface area (Å²) in [6.45, 7) is 4.40. The minimum Gasteiger partial charge on any atom is -0.362 e. The Bertz CT molecular complexity index is 543. The minimum atomic E-state index is -0.494. The number of hydrogen-bond donors (Lipinski definition) is 1. The molecule has 0 aromatic carbocycles. The molecule has 0 bridgehead atoms. The van der Waals surface area contributed by atoms with Crippen molar-refractivity contribution in [2.45, 2.75) is 39.2 Å². The molecule has 6 nitrogen and oxygen atoms in total. The van der Waals surface area contributed by atoms with Gasteiger partial charge in [-0.2, -0.15) is 5.26 Å². The summed E-state index contributed by atoms with van der Waals surface area (Å²) in [4.78, 5) is 14.6. The van der Waals surface area contributed by atoms with Gasteiger partial charge in [0.1, 0.15) is 6.07 Å². The number of nitrogens with zero attached hydrogens (tertiary/aromatic N) is 3. The predicted molar refractivity (Wildman–Crippen MR) is 75.2 cm³/mol. The van der Waals surface area contributed by atoms with E-state index < -0.39 is 4.92 Å². The fraction of sp³-hybridized carbons (Fsp3) is 0.571. The van der Waals surface area contributed by atoms with E-state index in [0.717, 1.165) is 12.8 Å². The number of anilines is 1. The van der Waals surface area contributed by atoms with Crippen LogP contribution < -0.4 is 5.32 Å². The summed E-state index contributed by atoms with van der Waals surface area (Å²) in [7, 11) is 0. The third-order valence-corrected chi connectivity index (χ3v) is 3.71. The lowest BCUT2D eigenvalue weighted by Crippen LogP contribution is -2.30. The SMILES string of the molecule is CC1CC(C)CC(Nc2ncc(C#N)cc2[N+](=O)[O-])C1. The van der Waals surface area contributed by atoms with Gasteiger partial charge in [0, 0.05) is 18.3 Å². The zero-order valence-electron chi connectivity index (χ0n) is 11.7. The van der Waals surface area contributed by atoms with Crippen molar-refractivity contribution in [1.29, 1.82) is 5.26 Å². The van der Waals surface area contributed by atoms with Crippen LogP contribution in [0.4, 0.5) is 11.5 Å². The maximum absolute atomic E-state index is 11.1. The summed E-state index contributed by atoms with van der Waals surface area (Å²) in [6, 6.07) is 3.34. The fourth-order valence-corrected chi connectivity index (χ4v) is 3.02. The molecular formula is C14H18N4O2. The second kappa shape index (κ2) is 5.87. The van der Waals surface area contributed by atoms with Crippen LogP contribution >= 0.6 is 0 Å². The van der Waals surface area contributed by atoms with Crippen molar-refractivity contribution in [3.05, 3.63) is 27.9 Å². The lowest BCUT2D eigenvalue weighted by Gasteiger charge is -2.32. The maximum Gasteiger partial charge on any atom is 0.312 e. The first-order valence-corrected chi connectivity index (χ1v) is 6.80. The van der Waals surface area contributed by atoms with Crippen LogP contribution in [0.15, 0.2) is 12.3 Å². The van der Waals surface area contributed by atoms with E-state index in [1.807, 2.05) is 6.07 Å². The molecule has 2 rings (SSSR count). The molecule has 0 aliphatic heterocycles. The average molecular weight is 274 g/mol. The number of nitriles is 1. The number of rotatable bonds is 3. The molecule has 1 aromatic heterocycles. The second-order valence-corrected chi connectivity index (χ2v) is 5.72. The first-order valence-electron chi connectivity index (χ1n) is 6.80. The molecule has 1 fully saturated rings. The van der Waals surface area contributed by atoms with E-state index >= 15 is 0 Å². The van der Waals surface area contributed by atoms with Crippen LogP contribution in [-0.4, -0.2) is 15.9 Å². The van der Waals surface area contributed by atoms with Gasteiger partial charge in [-0.15, -0.1) is 0 Å². The molecule has 1 aliphatic rings. The first-order chi connectivity index (χ1) is 9.49. The van der Waals surface area contributed by atoms with Crippen LogP contribution in [0.5, 0.6) is 0 Å². The largest absolute Gasteiger partial charge is 0.362 e. The van der Waals surface area contributed by atoms with E-state index in [9.17, 15) is 10.1 Å². The Kier molecular flexibility index (Phi) is 4.18. The van der Waals surface area contributed by atoms with Crippen molar-refractivity contribution in [2.24, 2.45) is 11.8 Å². The van der Waals surface area contributed by atoms with Gasteiger partial charge in [-0.05, 0) is 31.1 Å². The second-order valence-electron chi connectivity index (χ2n) is 5.72. The fourth-order valence-electron chi connectivity index (χ4n) is 3.02. The van der Waals surface area contributed by atoms with Crippen molar-refractivity contribution < 1.29 is 4.92 Å². The van der Waals surface area contributed by atoms with E-state index in [-0.39, 0.29) is 23.1 Å². The Labute approximate surface area is 118 Å². The van der Waals surface area contributed by atoms with Crippen LogP contribution in [-0.2, 0) is 0 Å². The van der Waals surface area contributed by atoms with Gasteiger partial charge in [-0.25, -0.2) is 4.98 Å². The van der Waals surface area contributed by atoms with E-state index in [0.29, 0.717) is 11.8 Å². The topological polar surface area (TPSA) is 91.8 Å². The first kappa shape index (κ1) is 14.3. The molecule has 0 amide bonds. The molecule has 2 unspecified atom stereocenters. The van der Waals surface area contributed by atoms with Crippen LogP contribution in [0, 0.1) is 33.3 Å². The number of hydrogen-bond acceptors (Lipinski definition) is 5. The quantitative estimate of drug-likeness (QED) is 0.675. The van der Waals surface area contributed by atoms with Gasteiger partial charge in [-0.1, -0.05) is 13.8 Å². The molecule has 0 saturated heterocycles. The third-order valence-electron chi connectivity index (χ3n) is 3.71. The lowest BCUT2D eigenvalue weighted by molar-refractivity contribution is -0.384. The normalized spacial score (nSPS) is 25.8. The van der Waals surface area contributed by atoms with Crippen molar-refractivity contribution in [3.8, 4) is 6.07 Å². The molecular weight excluding hydrogens is 256 g/mol. The van der Waals surface area contributed by atoms with Gasteiger partial charge in [-0.3, -0.25) is 10.1 Å². The highest BCUT2D eigenvalue weighted by molar-refractivity contribution is 5.58. The molecule has 20 heavy (non-hydrogen) atoms. The molecule has 1 aromatic rings. The molecule has 1 aliphatic carbocycles. The van der Waals surface area contributed by atoms with E-state index in [1.165, 1.54) is 18.7 Å². The van der Waals surface area contributed by atoms with Gasteiger partial charge >= 0.3 is 5.69 Å². The smallest absolute Gasteiger partial charge is 0.312 e. The number of nitro groups is 1. The van der Waals surface area contributed by atoms with Gasteiger partial charge in [0.2, 0.25) is 5.82 Å². The predicted octanol–water partition coefficient (Wildman–Crippen LogP) is 3.10. The standard InChI is InChI=1S/C14H18N4O2/c1-9-3-10(2)5-12(4-9)17-14-13(18(19)20)6-11(7-15)8-16-14/h6,8-10,12H,3-5H2,1-2H3,(H,16,17). The Balaban J connectivity index is 2.20. The Hall–Kier alpha value is -2.16. The monoisotopic (exact) mass is 274 g/mol. The molecule has 6 heteroatoms. The van der Waals surface area contributed by atoms with Gasteiger partial charge in [0.25, 0.3) is 0 Å². The summed E-state index contributed by atoms with van der Waals surface area (Å²) >= 11 is 0. The highest BCUT2D eigenvalue weighted by Gasteiger charge is 2.26. The summed E-state index contributed by atoms with van der Waals surface area (Å²) in [5, 5.41) is 23.0. The minimum absolute atomic E-state index is 0.130. The molecule has 1 heterocycles. The molecule has 0 spiro atoms. The van der Waals surface area contributed by atoms with Crippen LogP contribution in [0.3, 0.4) is 0 Å². The van der Waals surface area contributed by atoms with Crippen LogP contribution in [0.1, 0.15) is 38.7 Å². The molecule has 1 saturated carbocycles. The van der Waals surface area contributed by atoms with E-state index in [2.05, 4.69) is 24.1 Å². The molecule has 1 N–H and O–H groups in total. The Morgan fingerprint density at radius 3 is 2.60 bits per heavy atom. The number of nitrogens with one attached hydrogen (secondary N) is 1. The van der Waals surface area contributed by atoms with E-state index in [4.69, 9.17) is 5.26 Å². The number of aromatic nitrogens is 1. The lowest BCUT2D eigenvalue weighted by atomic mass is 9.80. The third kappa shape index (κ3) is 3.23. The van der Waals surface area contributed by atoms with E-state index in [1.54, 1.807) is 0 Å². The zero-order valence-corrected chi connectivity index (χ0v) is 11.7. The summed E-state index contributed by atoms with van der Waals surface area (Å²) in [5.74, 6) is 1.47. The Morgan fingerprint density at radius 1 is 1.40 bits per heavy atom. The van der Waals surface area contributed by atoms with Crippen LogP contribution in [0.25, 0.3) is 0 Å². The summed E-state index contributed by atoms with van der Waals surface area (Å²) in [5.41, 5.74) is 0.0718. The highest BCUT2D eigenvalue weighted by atomic mass is 16.6. The van der Waals surface area contributed by atoms with Crippen molar-refractivity contribution in [1.82, 2.24) is 4.98 Å². The Morgan fingerprint density at radius 2 is 2.05 bits per heavy atom. The highest BCUT2D eigenvalue weighted by Crippen LogP contribution is 2.32. The summed E-state index contributed by atoms with van der Waals surface area (Å²) < 4.78 is 0.